The average molecular weight is 342 g/mol. The Morgan fingerprint density at radius 1 is 1.23 bits per heavy atom. The molecule has 0 radical (unpaired) electrons. The van der Waals surface area contributed by atoms with Crippen LogP contribution in [0.4, 0.5) is 17.6 Å². The van der Waals surface area contributed by atoms with E-state index in [0.717, 1.165) is 9.36 Å². The van der Waals surface area contributed by atoms with E-state index in [-0.39, 0.29) is 25.5 Å². The molecular formula is C12H16ClF4N5. The second-order valence-corrected chi connectivity index (χ2v) is 4.70. The van der Waals surface area contributed by atoms with Gasteiger partial charge in [0.1, 0.15) is 6.54 Å². The topological polar surface area (TPSA) is 47.7 Å². The smallest absolute Gasteiger partial charge is 0.307 e. The van der Waals surface area contributed by atoms with Gasteiger partial charge >= 0.3 is 6.18 Å². The van der Waals surface area contributed by atoms with Crippen molar-refractivity contribution in [3.8, 4) is 0 Å². The third-order valence-electron chi connectivity index (χ3n) is 2.91. The van der Waals surface area contributed by atoms with Crippen molar-refractivity contribution in [2.24, 2.45) is 7.05 Å². The van der Waals surface area contributed by atoms with E-state index in [1.165, 1.54) is 19.3 Å². The van der Waals surface area contributed by atoms with Gasteiger partial charge in [-0.3, -0.25) is 4.68 Å². The van der Waals surface area contributed by atoms with Crippen molar-refractivity contribution in [3.63, 3.8) is 0 Å². The van der Waals surface area contributed by atoms with Crippen LogP contribution in [0.1, 0.15) is 17.0 Å². The van der Waals surface area contributed by atoms with Crippen molar-refractivity contribution in [3.05, 3.63) is 35.2 Å². The summed E-state index contributed by atoms with van der Waals surface area (Å²) in [5, 5.41) is 10.7. The van der Waals surface area contributed by atoms with Gasteiger partial charge in [0.25, 0.3) is 0 Å². The Balaban J connectivity index is 0.00000242. The van der Waals surface area contributed by atoms with Crippen molar-refractivity contribution in [2.45, 2.75) is 32.7 Å². The maximum atomic E-state index is 13.7. The molecule has 5 nitrogen and oxygen atoms in total. The predicted molar refractivity (Wildman–Crippen MR) is 74.0 cm³/mol. The second-order valence-electron chi connectivity index (χ2n) is 4.70. The van der Waals surface area contributed by atoms with Crippen LogP contribution in [0.3, 0.4) is 0 Å². The standard InChI is InChI=1S/C12H15F4N5.ClH/c1-8-10(11(13)20(2)18-8)6-17-5-9-3-4-21(19-9)7-12(14,15)16;/h3-4,17H,5-7H2,1-2H3;1H. The minimum Gasteiger partial charge on any atom is -0.307 e. The number of halogens is 5. The Morgan fingerprint density at radius 3 is 2.45 bits per heavy atom. The van der Waals surface area contributed by atoms with Crippen molar-refractivity contribution in [1.29, 1.82) is 0 Å². The first-order chi connectivity index (χ1) is 9.76. The molecule has 22 heavy (non-hydrogen) atoms. The molecule has 0 atom stereocenters. The van der Waals surface area contributed by atoms with Crippen molar-refractivity contribution >= 4 is 12.4 Å². The molecule has 0 saturated carbocycles. The Morgan fingerprint density at radius 2 is 1.91 bits per heavy atom. The molecule has 0 aliphatic heterocycles. The van der Waals surface area contributed by atoms with E-state index in [0.29, 0.717) is 17.0 Å². The fourth-order valence-electron chi connectivity index (χ4n) is 1.96. The lowest BCUT2D eigenvalue weighted by Gasteiger charge is -2.05. The minimum absolute atomic E-state index is 0. The normalized spacial score (nSPS) is 11.5. The first kappa shape index (κ1) is 18.4. The van der Waals surface area contributed by atoms with E-state index in [1.54, 1.807) is 6.92 Å². The van der Waals surface area contributed by atoms with Gasteiger partial charge in [0, 0.05) is 31.9 Å². The lowest BCUT2D eigenvalue weighted by molar-refractivity contribution is -0.142. The molecule has 0 unspecified atom stereocenters. The molecule has 0 bridgehead atoms. The molecule has 0 saturated heterocycles. The fraction of sp³-hybridized carbons (Fsp3) is 0.500. The summed E-state index contributed by atoms with van der Waals surface area (Å²) in [5.74, 6) is -0.428. The van der Waals surface area contributed by atoms with Gasteiger partial charge in [-0.05, 0) is 13.0 Å². The van der Waals surface area contributed by atoms with Gasteiger partial charge < -0.3 is 5.32 Å². The molecule has 1 N–H and O–H groups in total. The molecule has 2 heterocycles. The SMILES string of the molecule is Cc1nn(C)c(F)c1CNCc1ccn(CC(F)(F)F)n1.Cl. The second kappa shape index (κ2) is 7.10. The summed E-state index contributed by atoms with van der Waals surface area (Å²) in [7, 11) is 1.50. The Kier molecular flexibility index (Phi) is 5.95. The summed E-state index contributed by atoms with van der Waals surface area (Å²) in [4.78, 5) is 0. The molecule has 2 aromatic heterocycles. The quantitative estimate of drug-likeness (QED) is 0.849. The molecule has 0 aromatic carbocycles. The summed E-state index contributed by atoms with van der Waals surface area (Å²) in [6.07, 6.45) is -3.03. The number of hydrogen-bond acceptors (Lipinski definition) is 3. The number of aromatic nitrogens is 4. The van der Waals surface area contributed by atoms with Gasteiger partial charge in [0.15, 0.2) is 0 Å². The Bertz CT molecular complexity index is 620. The van der Waals surface area contributed by atoms with E-state index < -0.39 is 18.7 Å². The van der Waals surface area contributed by atoms with E-state index in [1.807, 2.05) is 0 Å². The van der Waals surface area contributed by atoms with Crippen molar-refractivity contribution < 1.29 is 17.6 Å². The molecular weight excluding hydrogens is 326 g/mol. The van der Waals surface area contributed by atoms with E-state index in [9.17, 15) is 17.6 Å². The predicted octanol–water partition coefficient (Wildman–Crippen LogP) is 2.34. The maximum Gasteiger partial charge on any atom is 0.408 e. The average Bonchev–Trinajstić information content (AvgIpc) is 2.87. The molecule has 2 rings (SSSR count). The highest BCUT2D eigenvalue weighted by molar-refractivity contribution is 5.85. The highest BCUT2D eigenvalue weighted by atomic mass is 35.5. The van der Waals surface area contributed by atoms with Gasteiger partial charge in [-0.15, -0.1) is 12.4 Å². The monoisotopic (exact) mass is 341 g/mol. The summed E-state index contributed by atoms with van der Waals surface area (Å²) < 4.78 is 52.2. The molecule has 2 aromatic rings. The van der Waals surface area contributed by atoms with Gasteiger partial charge in [-0.25, -0.2) is 4.68 Å². The molecule has 0 fully saturated rings. The van der Waals surface area contributed by atoms with E-state index in [2.05, 4.69) is 15.5 Å². The number of nitrogens with zero attached hydrogens (tertiary/aromatic N) is 4. The van der Waals surface area contributed by atoms with Gasteiger partial charge in [-0.1, -0.05) is 0 Å². The summed E-state index contributed by atoms with van der Waals surface area (Å²) in [5.41, 5.74) is 1.47. The van der Waals surface area contributed by atoms with E-state index >= 15 is 0 Å². The number of hydrogen-bond donors (Lipinski definition) is 1. The first-order valence-corrected chi connectivity index (χ1v) is 6.24. The van der Waals surface area contributed by atoms with Crippen LogP contribution in [-0.4, -0.2) is 25.7 Å². The summed E-state index contributed by atoms with van der Waals surface area (Å²) >= 11 is 0. The van der Waals surface area contributed by atoms with Crippen LogP contribution < -0.4 is 5.32 Å². The van der Waals surface area contributed by atoms with Crippen LogP contribution >= 0.6 is 12.4 Å². The third-order valence-corrected chi connectivity index (χ3v) is 2.91. The summed E-state index contributed by atoms with van der Waals surface area (Å²) in [6, 6.07) is 1.49. The maximum absolute atomic E-state index is 13.7. The van der Waals surface area contributed by atoms with Crippen LogP contribution in [-0.2, 0) is 26.7 Å². The van der Waals surface area contributed by atoms with Gasteiger partial charge in [0.2, 0.25) is 5.95 Å². The third kappa shape index (κ3) is 4.70. The molecule has 0 spiro atoms. The van der Waals surface area contributed by atoms with Crippen LogP contribution in [0.25, 0.3) is 0 Å². The zero-order chi connectivity index (χ0) is 15.6. The molecule has 0 amide bonds. The van der Waals surface area contributed by atoms with E-state index in [4.69, 9.17) is 0 Å². The highest BCUT2D eigenvalue weighted by Gasteiger charge is 2.28. The highest BCUT2D eigenvalue weighted by Crippen LogP contribution is 2.17. The Labute approximate surface area is 130 Å². The summed E-state index contributed by atoms with van der Waals surface area (Å²) in [6.45, 7) is 1.05. The lowest BCUT2D eigenvalue weighted by Crippen LogP contribution is -2.19. The molecule has 10 heteroatoms. The van der Waals surface area contributed by atoms with Crippen LogP contribution in [0.15, 0.2) is 12.3 Å². The van der Waals surface area contributed by atoms with Crippen LogP contribution in [0, 0.1) is 12.9 Å². The zero-order valence-electron chi connectivity index (χ0n) is 12.0. The molecule has 0 aliphatic rings. The lowest BCUT2D eigenvalue weighted by atomic mass is 10.2. The van der Waals surface area contributed by atoms with Gasteiger partial charge in [0.05, 0.1) is 11.4 Å². The number of nitrogens with one attached hydrogen (secondary N) is 1. The Hall–Kier alpha value is -1.61. The number of aryl methyl sites for hydroxylation is 2. The van der Waals surface area contributed by atoms with Crippen molar-refractivity contribution in [2.75, 3.05) is 0 Å². The largest absolute Gasteiger partial charge is 0.408 e. The van der Waals surface area contributed by atoms with Crippen LogP contribution in [0.2, 0.25) is 0 Å². The minimum atomic E-state index is -4.30. The number of alkyl halides is 3. The number of rotatable bonds is 5. The molecule has 0 aliphatic carbocycles. The zero-order valence-corrected chi connectivity index (χ0v) is 12.8. The van der Waals surface area contributed by atoms with Gasteiger partial charge in [-0.2, -0.15) is 27.8 Å². The first-order valence-electron chi connectivity index (χ1n) is 6.24. The molecule has 124 valence electrons. The van der Waals surface area contributed by atoms with Crippen molar-refractivity contribution in [1.82, 2.24) is 24.9 Å². The van der Waals surface area contributed by atoms with Crippen LogP contribution in [0.5, 0.6) is 0 Å². The fourth-order valence-corrected chi connectivity index (χ4v) is 1.96.